The number of aryl methyl sites for hydroxylation is 1. The van der Waals surface area contributed by atoms with Crippen LogP contribution in [0.2, 0.25) is 0 Å². The van der Waals surface area contributed by atoms with Crippen molar-refractivity contribution in [2.24, 2.45) is 0 Å². The van der Waals surface area contributed by atoms with Gasteiger partial charge in [-0.05, 0) is 40.6 Å². The fourth-order valence-electron chi connectivity index (χ4n) is 2.46. The molecule has 2 heterocycles. The predicted octanol–water partition coefficient (Wildman–Crippen LogP) is 4.13. The van der Waals surface area contributed by atoms with Gasteiger partial charge in [-0.2, -0.15) is 5.10 Å². The number of halogens is 2. The average molecular weight is 457 g/mol. The van der Waals surface area contributed by atoms with E-state index in [-0.39, 0.29) is 0 Å². The highest BCUT2D eigenvalue weighted by atomic mass is 127. The molecule has 7 heteroatoms. The number of hydrogen-bond donors (Lipinski definition) is 0. The van der Waals surface area contributed by atoms with Gasteiger partial charge < -0.3 is 0 Å². The summed E-state index contributed by atoms with van der Waals surface area (Å²) < 4.78 is 14.7. The number of benzene rings is 1. The summed E-state index contributed by atoms with van der Waals surface area (Å²) in [4.78, 5) is 4.16. The molecule has 0 aliphatic carbocycles. The number of pyridine rings is 1. The van der Waals surface area contributed by atoms with Crippen LogP contribution in [-0.4, -0.2) is 14.8 Å². The molecule has 3 atom stereocenters. The molecule has 0 aliphatic heterocycles. The van der Waals surface area contributed by atoms with Crippen LogP contribution in [-0.2, 0) is 3.42 Å². The van der Waals surface area contributed by atoms with E-state index in [9.17, 15) is 4.39 Å². The van der Waals surface area contributed by atoms with E-state index in [1.54, 1.807) is 39.7 Å². The molecule has 118 valence electrons. The lowest BCUT2D eigenvalue weighted by Crippen LogP contribution is -2.11. The van der Waals surface area contributed by atoms with Crippen molar-refractivity contribution in [1.29, 1.82) is 0 Å². The Bertz CT molecular complexity index is 824. The van der Waals surface area contributed by atoms with Gasteiger partial charge >= 0.3 is 0 Å². The van der Waals surface area contributed by atoms with Gasteiger partial charge in [0.2, 0.25) is 3.42 Å². The van der Waals surface area contributed by atoms with E-state index < -0.39 is 3.42 Å². The first-order valence-corrected chi connectivity index (χ1v) is 9.14. The number of nitrogens with zero attached hydrogens (tertiary/aromatic N) is 3. The second kappa shape index (κ2) is 6.54. The van der Waals surface area contributed by atoms with Crippen LogP contribution in [0.4, 0.5) is 4.39 Å². The average Bonchev–Trinajstić information content (AvgIpc) is 2.93. The van der Waals surface area contributed by atoms with Crippen molar-refractivity contribution < 1.29 is 4.39 Å². The van der Waals surface area contributed by atoms with Gasteiger partial charge in [-0.25, -0.2) is 9.07 Å². The summed E-state index contributed by atoms with van der Waals surface area (Å²) in [6, 6.07) is 9.73. The number of aromatic nitrogens is 3. The van der Waals surface area contributed by atoms with Crippen molar-refractivity contribution in [3.8, 4) is 16.8 Å². The summed E-state index contributed by atoms with van der Waals surface area (Å²) in [5.74, 6) is 0. The van der Waals surface area contributed by atoms with Crippen molar-refractivity contribution in [2.45, 2.75) is 10.3 Å². The van der Waals surface area contributed by atoms with Crippen LogP contribution >= 0.6 is 41.1 Å². The summed E-state index contributed by atoms with van der Waals surface area (Å²) in [6.45, 7) is 1.97. The standard InChI is InChI=1S/C16H15FIN3P2/c1-10-7-19-8-13(22)14(10)21-9-12(11-5-3-2-4-6-11)15(20-21)16(17,18)23/h2-9H,22-23H2,1H3. The molecule has 3 nitrogen and oxygen atoms in total. The molecule has 3 aromatic rings. The Morgan fingerprint density at radius 1 is 1.22 bits per heavy atom. The van der Waals surface area contributed by atoms with Crippen LogP contribution in [0.5, 0.6) is 0 Å². The third kappa shape index (κ3) is 3.47. The molecule has 3 unspecified atom stereocenters. The monoisotopic (exact) mass is 457 g/mol. The molecular formula is C16H15FIN3P2. The largest absolute Gasteiger partial charge is 0.264 e. The first-order valence-electron chi connectivity index (χ1n) is 6.90. The summed E-state index contributed by atoms with van der Waals surface area (Å²) in [5, 5.41) is 5.44. The molecule has 0 spiro atoms. The molecule has 0 aliphatic rings. The Kier molecular flexibility index (Phi) is 4.82. The van der Waals surface area contributed by atoms with Crippen LogP contribution in [0.1, 0.15) is 11.3 Å². The third-order valence-electron chi connectivity index (χ3n) is 3.47. The van der Waals surface area contributed by atoms with E-state index >= 15 is 0 Å². The molecule has 0 N–H and O–H groups in total. The number of hydrogen-bond acceptors (Lipinski definition) is 2. The first-order chi connectivity index (χ1) is 10.9. The van der Waals surface area contributed by atoms with Crippen molar-refractivity contribution in [1.82, 2.24) is 14.8 Å². The number of alkyl halides is 2. The Hall–Kier alpha value is -0.900. The lowest BCUT2D eigenvalue weighted by Gasteiger charge is -2.11. The molecule has 3 rings (SSSR count). The maximum atomic E-state index is 14.7. The first kappa shape index (κ1) is 16.9. The van der Waals surface area contributed by atoms with Crippen molar-refractivity contribution in [3.05, 3.63) is 60.2 Å². The fraction of sp³-hybridized carbons (Fsp3) is 0.125. The van der Waals surface area contributed by atoms with Crippen LogP contribution in [0.15, 0.2) is 48.9 Å². The van der Waals surface area contributed by atoms with E-state index in [1.807, 2.05) is 43.5 Å². The second-order valence-electron chi connectivity index (χ2n) is 5.22. The van der Waals surface area contributed by atoms with Gasteiger partial charge in [0, 0.05) is 29.5 Å². The van der Waals surface area contributed by atoms with Gasteiger partial charge in [0.15, 0.2) is 0 Å². The van der Waals surface area contributed by atoms with E-state index in [2.05, 4.69) is 28.6 Å². The molecule has 0 saturated carbocycles. The van der Waals surface area contributed by atoms with Crippen LogP contribution in [0, 0.1) is 6.92 Å². The highest BCUT2D eigenvalue weighted by Crippen LogP contribution is 2.44. The zero-order chi connectivity index (χ0) is 16.6. The Morgan fingerprint density at radius 3 is 2.52 bits per heavy atom. The lowest BCUT2D eigenvalue weighted by molar-refractivity contribution is 0.436. The molecule has 0 bridgehead atoms. The van der Waals surface area contributed by atoms with Gasteiger partial charge in [-0.15, -0.1) is 9.24 Å². The molecule has 0 saturated heterocycles. The van der Waals surface area contributed by atoms with Crippen LogP contribution in [0.25, 0.3) is 16.8 Å². The topological polar surface area (TPSA) is 30.7 Å². The highest BCUT2D eigenvalue weighted by molar-refractivity contribution is 14.1. The summed E-state index contributed by atoms with van der Waals surface area (Å²) >= 11 is 1.75. The van der Waals surface area contributed by atoms with Crippen LogP contribution in [0.3, 0.4) is 0 Å². The normalized spacial score (nSPS) is 13.8. The summed E-state index contributed by atoms with van der Waals surface area (Å²) in [6.07, 6.45) is 5.40. The van der Waals surface area contributed by atoms with E-state index in [1.165, 1.54) is 0 Å². The van der Waals surface area contributed by atoms with Crippen LogP contribution < -0.4 is 5.30 Å². The maximum Gasteiger partial charge on any atom is 0.216 e. The SMILES string of the molecule is Cc1cncc(P)c1-n1cc(-c2ccccc2)c(C(F)(P)I)n1. The molecule has 2 aromatic heterocycles. The zero-order valence-corrected chi connectivity index (χ0v) is 16.8. The van der Waals surface area contributed by atoms with Crippen molar-refractivity contribution in [3.63, 3.8) is 0 Å². The maximum absolute atomic E-state index is 14.7. The zero-order valence-electron chi connectivity index (χ0n) is 12.4. The van der Waals surface area contributed by atoms with Gasteiger partial charge in [-0.1, -0.05) is 39.6 Å². The Morgan fingerprint density at radius 2 is 1.91 bits per heavy atom. The summed E-state index contributed by atoms with van der Waals surface area (Å²) in [5.41, 5.74) is 3.98. The Labute approximate surface area is 152 Å². The lowest BCUT2D eigenvalue weighted by atomic mass is 10.1. The third-order valence-corrected chi connectivity index (χ3v) is 4.68. The minimum absolute atomic E-state index is 0.384. The van der Waals surface area contributed by atoms with E-state index in [4.69, 9.17) is 0 Å². The molecule has 0 fully saturated rings. The van der Waals surface area contributed by atoms with E-state index in [0.29, 0.717) is 5.69 Å². The van der Waals surface area contributed by atoms with Gasteiger partial charge in [0.1, 0.15) is 5.69 Å². The quantitative estimate of drug-likeness (QED) is 0.337. The number of rotatable bonds is 3. The second-order valence-corrected chi connectivity index (χ2v) is 9.38. The van der Waals surface area contributed by atoms with E-state index in [0.717, 1.165) is 27.7 Å². The molecule has 1 aromatic carbocycles. The summed E-state index contributed by atoms with van der Waals surface area (Å²) in [7, 11) is 4.87. The molecular weight excluding hydrogens is 442 g/mol. The van der Waals surface area contributed by atoms with Gasteiger partial charge in [0.05, 0.1) is 5.69 Å². The highest BCUT2D eigenvalue weighted by Gasteiger charge is 2.30. The fourth-order valence-corrected chi connectivity index (χ4v) is 3.51. The Balaban J connectivity index is 2.24. The van der Waals surface area contributed by atoms with Crippen molar-refractivity contribution >= 4 is 46.4 Å². The smallest absolute Gasteiger partial charge is 0.216 e. The predicted molar refractivity (Wildman–Crippen MR) is 107 cm³/mol. The molecule has 0 amide bonds. The van der Waals surface area contributed by atoms with Gasteiger partial charge in [-0.3, -0.25) is 4.98 Å². The molecule has 0 radical (unpaired) electrons. The van der Waals surface area contributed by atoms with Crippen molar-refractivity contribution in [2.75, 3.05) is 0 Å². The molecule has 23 heavy (non-hydrogen) atoms. The minimum atomic E-state index is -1.64. The van der Waals surface area contributed by atoms with Gasteiger partial charge in [0.25, 0.3) is 0 Å². The minimum Gasteiger partial charge on any atom is -0.264 e.